The molecule has 0 saturated carbocycles. The Balaban J connectivity index is -0.0000000609. The molecule has 1 saturated heterocycles. The summed E-state index contributed by atoms with van der Waals surface area (Å²) in [7, 11) is 0. The van der Waals surface area contributed by atoms with E-state index in [4.69, 9.17) is 81.9 Å². The van der Waals surface area contributed by atoms with Crippen molar-refractivity contribution < 1.29 is 62.6 Å². The molecule has 0 aromatic carbocycles. The van der Waals surface area contributed by atoms with E-state index in [0.29, 0.717) is 104 Å². The van der Waals surface area contributed by atoms with Crippen LogP contribution in [0.4, 0.5) is 0 Å². The topological polar surface area (TPSA) is 265 Å². The minimum absolute atomic E-state index is 0. The quantitative estimate of drug-likeness (QED) is 0.228. The molecule has 1 heterocycles. The van der Waals surface area contributed by atoms with Gasteiger partial charge in [0, 0.05) is 34.1 Å². The van der Waals surface area contributed by atoms with Gasteiger partial charge in [-0.05, 0) is 13.1 Å². The molecule has 0 bridgehead atoms. The monoisotopic (exact) mass is 648 g/mol. The largest absolute Gasteiger partial charge is 0.791 e. The van der Waals surface area contributed by atoms with Crippen LogP contribution in [0.1, 0.15) is 0 Å². The number of rotatable bonds is 2. The molecular weight excluding hydrogens is 612 g/mol. The molecule has 0 atom stereocenters. The van der Waals surface area contributed by atoms with Crippen molar-refractivity contribution in [1.82, 2.24) is 22.4 Å². The summed E-state index contributed by atoms with van der Waals surface area (Å²) in [6.45, 7) is 8.30. The van der Waals surface area contributed by atoms with Crippen LogP contribution in [-0.2, 0) is 87.8 Å². The van der Waals surface area contributed by atoms with Crippen LogP contribution in [0.5, 0.6) is 0 Å². The number of hydrogen-bond donors (Lipinski definition) is 2. The van der Waals surface area contributed by atoms with E-state index in [1.54, 1.807) is 0 Å². The summed E-state index contributed by atoms with van der Waals surface area (Å²) in [5.74, 6) is 1.36. The number of hydrogen-bond acceptors (Lipinski definition) is 14. The van der Waals surface area contributed by atoms with E-state index in [-0.39, 0.29) is 34.1 Å². The Hall–Kier alpha value is -0.181. The molecule has 1 aliphatic rings. The Kier molecular flexibility index (Phi) is 130. The second-order valence-corrected chi connectivity index (χ2v) is 5.48. The third-order valence-electron chi connectivity index (χ3n) is 2.47. The van der Waals surface area contributed by atoms with E-state index in [2.05, 4.69) is 25.3 Å². The van der Waals surface area contributed by atoms with Crippen molar-refractivity contribution in [2.24, 2.45) is 11.5 Å². The van der Waals surface area contributed by atoms with Gasteiger partial charge in [-0.25, -0.2) is 0 Å². The maximum atomic E-state index is 7.25. The molecule has 0 aromatic rings. The third kappa shape index (κ3) is 92.7. The number of ether oxygens (including phenoxy) is 6. The Morgan fingerprint density at radius 2 is 0.500 bits per heavy atom. The molecule has 36 heavy (non-hydrogen) atoms. The van der Waals surface area contributed by atoms with Crippen LogP contribution >= 0.6 is 0 Å². The Morgan fingerprint density at radius 1 is 0.417 bits per heavy atom. The van der Waals surface area contributed by atoms with Gasteiger partial charge in [0.15, 0.2) is 0 Å². The van der Waals surface area contributed by atoms with Crippen molar-refractivity contribution in [3.8, 4) is 0 Å². The first kappa shape index (κ1) is 56.1. The second kappa shape index (κ2) is 83.7. The summed E-state index contributed by atoms with van der Waals surface area (Å²) in [6.07, 6.45) is 0. The predicted octanol–water partition coefficient (Wildman–Crippen LogP) is -2.71. The first-order valence-corrected chi connectivity index (χ1v) is 10.7. The Labute approximate surface area is 244 Å². The normalized spacial score (nSPS) is 14.1. The van der Waals surface area contributed by atoms with Crippen molar-refractivity contribution in [2.45, 2.75) is 0 Å². The molecule has 0 spiro atoms. The molecular formula is C16H36Fe2N6O10S2-2. The molecule has 1 rings (SSSR count). The van der Waals surface area contributed by atoms with E-state index in [1.165, 1.54) is 0 Å². The van der Waals surface area contributed by atoms with Gasteiger partial charge in [0.1, 0.15) is 22.4 Å². The van der Waals surface area contributed by atoms with Gasteiger partial charge in [-0.15, -0.1) is 19.6 Å². The zero-order chi connectivity index (χ0) is 27.6. The first-order chi connectivity index (χ1) is 16.8. The maximum Gasteiger partial charge on any atom is 0.120 e. The van der Waals surface area contributed by atoms with Gasteiger partial charge in [0.05, 0.1) is 79.3 Å². The SMILES string of the molecule is C1COCCOCCOCCOCCOCCO1.NCC[S-].NCC[S-].[Fe].[Fe].[N]=O.[N]=O.[N]=O.[N]=O. The molecule has 0 aliphatic carbocycles. The summed E-state index contributed by atoms with van der Waals surface area (Å²) >= 11 is 8.86. The van der Waals surface area contributed by atoms with Gasteiger partial charge in [-0.3, -0.25) is 0 Å². The first-order valence-electron chi connectivity index (χ1n) is 9.59. The van der Waals surface area contributed by atoms with Crippen molar-refractivity contribution in [2.75, 3.05) is 104 Å². The van der Waals surface area contributed by atoms with Gasteiger partial charge in [0.2, 0.25) is 0 Å². The minimum atomic E-state index is 0. The fourth-order valence-corrected chi connectivity index (χ4v) is 1.32. The molecule has 1 fully saturated rings. The van der Waals surface area contributed by atoms with Crippen molar-refractivity contribution in [3.63, 3.8) is 0 Å². The van der Waals surface area contributed by atoms with Gasteiger partial charge in [-0.1, -0.05) is 0 Å². The van der Waals surface area contributed by atoms with Crippen molar-refractivity contribution >= 4 is 25.3 Å². The maximum absolute atomic E-state index is 7.25. The molecule has 1 aliphatic heterocycles. The number of nitroso groups, excluding NO2 is 4. The molecule has 0 unspecified atom stereocenters. The standard InChI is InChI=1S/C12H24O6.2C2H7NS.2Fe.4NO/c1-2-14-5-6-16-9-10-18-12-11-17-8-7-15-4-3-13-1;2*3-1-2-4;;;4*1-2/h1-12H2;2*4H,1-3H2;;;;;;/p-2. The van der Waals surface area contributed by atoms with Crippen molar-refractivity contribution in [1.29, 1.82) is 0 Å². The van der Waals surface area contributed by atoms with Crippen molar-refractivity contribution in [3.05, 3.63) is 19.6 Å². The third-order valence-corrected chi connectivity index (χ3v) is 2.94. The molecule has 220 valence electrons. The van der Waals surface area contributed by atoms with Crippen LogP contribution in [0.2, 0.25) is 0 Å². The molecule has 16 nitrogen and oxygen atoms in total. The summed E-state index contributed by atoms with van der Waals surface area (Å²) in [5, 5.41) is 0. The van der Waals surface area contributed by atoms with Gasteiger partial charge < -0.3 is 65.1 Å². The van der Waals surface area contributed by atoms with Crippen LogP contribution in [0, 0.1) is 19.6 Å². The summed E-state index contributed by atoms with van der Waals surface area (Å²) in [6, 6.07) is 0. The average Bonchev–Trinajstić information content (AvgIpc) is 2.93. The number of nitrogens with zero attached hydrogens (tertiary/aromatic N) is 4. The zero-order valence-electron chi connectivity index (χ0n) is 19.9. The minimum Gasteiger partial charge on any atom is -0.791 e. The molecule has 4 N–H and O–H groups in total. The van der Waals surface area contributed by atoms with Gasteiger partial charge >= 0.3 is 0 Å². The predicted molar refractivity (Wildman–Crippen MR) is 129 cm³/mol. The molecule has 0 aromatic heterocycles. The van der Waals surface area contributed by atoms with Crippen LogP contribution in [0.25, 0.3) is 0 Å². The summed E-state index contributed by atoms with van der Waals surface area (Å²) in [5.41, 5.74) is 32.8. The van der Waals surface area contributed by atoms with E-state index in [0.717, 1.165) is 0 Å². The van der Waals surface area contributed by atoms with E-state index < -0.39 is 0 Å². The van der Waals surface area contributed by atoms with E-state index >= 15 is 0 Å². The van der Waals surface area contributed by atoms with Crippen LogP contribution in [0.3, 0.4) is 0 Å². The average molecular weight is 648 g/mol. The zero-order valence-corrected chi connectivity index (χ0v) is 23.7. The molecule has 20 heteroatoms. The Bertz CT molecular complexity index is 223. The van der Waals surface area contributed by atoms with E-state index in [1.807, 2.05) is 0 Å². The van der Waals surface area contributed by atoms with Gasteiger partial charge in [0.25, 0.3) is 0 Å². The number of nitrogens with two attached hydrogens (primary N) is 2. The fraction of sp³-hybridized carbons (Fsp3) is 1.00. The fourth-order valence-electron chi connectivity index (χ4n) is 1.32. The summed E-state index contributed by atoms with van der Waals surface area (Å²) in [4.78, 5) is 29.0. The molecule has 4 radical (unpaired) electrons. The summed E-state index contributed by atoms with van der Waals surface area (Å²) < 4.78 is 32.0. The Morgan fingerprint density at radius 3 is 0.556 bits per heavy atom. The van der Waals surface area contributed by atoms with Crippen LogP contribution in [0.15, 0.2) is 0 Å². The van der Waals surface area contributed by atoms with Gasteiger partial charge in [-0.2, -0.15) is 11.5 Å². The molecule has 0 amide bonds. The smallest absolute Gasteiger partial charge is 0.120 e. The van der Waals surface area contributed by atoms with Crippen LogP contribution in [-0.4, -0.2) is 104 Å². The van der Waals surface area contributed by atoms with E-state index in [9.17, 15) is 0 Å². The second-order valence-electron chi connectivity index (χ2n) is 4.66. The van der Waals surface area contributed by atoms with Crippen LogP contribution < -0.4 is 33.8 Å².